The zero-order valence-electron chi connectivity index (χ0n) is 7.24. The molecule has 0 saturated carbocycles. The van der Waals surface area contributed by atoms with E-state index in [9.17, 15) is 18.9 Å². The number of halogens is 2. The van der Waals surface area contributed by atoms with Crippen LogP contribution < -0.4 is 0 Å². The van der Waals surface area contributed by atoms with Gasteiger partial charge in [0.25, 0.3) is 12.1 Å². The molecule has 0 aliphatic rings. The van der Waals surface area contributed by atoms with Gasteiger partial charge >= 0.3 is 0 Å². The topological polar surface area (TPSA) is 43.1 Å². The summed E-state index contributed by atoms with van der Waals surface area (Å²) in [5, 5.41) is 10.5. The molecule has 0 aliphatic carbocycles. The fraction of sp³-hybridized carbons (Fsp3) is 0.250. The highest BCUT2D eigenvalue weighted by atomic mass is 32.2. The Morgan fingerprint density at radius 2 is 2.14 bits per heavy atom. The number of alkyl halides is 2. The van der Waals surface area contributed by atoms with E-state index < -0.39 is 11.3 Å². The predicted molar refractivity (Wildman–Crippen MR) is 49.8 cm³/mol. The van der Waals surface area contributed by atoms with E-state index in [1.54, 1.807) is 6.26 Å². The fourth-order valence-corrected chi connectivity index (χ4v) is 1.53. The molecule has 0 radical (unpaired) electrons. The van der Waals surface area contributed by atoms with Crippen molar-refractivity contribution in [2.24, 2.45) is 0 Å². The van der Waals surface area contributed by atoms with Gasteiger partial charge in [0, 0.05) is 11.6 Å². The van der Waals surface area contributed by atoms with Crippen molar-refractivity contribution in [3.63, 3.8) is 0 Å². The largest absolute Gasteiger partial charge is 0.283 e. The van der Waals surface area contributed by atoms with Crippen LogP contribution in [0.4, 0.5) is 14.5 Å². The molecule has 1 rings (SSSR count). The summed E-state index contributed by atoms with van der Waals surface area (Å²) >= 11 is 1.16. The van der Waals surface area contributed by atoms with Crippen molar-refractivity contribution >= 4 is 17.4 Å². The smallest absolute Gasteiger partial charge is 0.258 e. The summed E-state index contributed by atoms with van der Waals surface area (Å²) in [6.45, 7) is 0. The molecule has 0 N–H and O–H groups in total. The lowest BCUT2D eigenvalue weighted by atomic mass is 10.2. The molecule has 0 aliphatic heterocycles. The molecule has 0 atom stereocenters. The van der Waals surface area contributed by atoms with Crippen LogP contribution in [0, 0.1) is 10.1 Å². The van der Waals surface area contributed by atoms with Crippen LogP contribution in [0.2, 0.25) is 0 Å². The van der Waals surface area contributed by atoms with E-state index in [2.05, 4.69) is 0 Å². The number of hydrogen-bond acceptors (Lipinski definition) is 3. The Bertz CT molecular complexity index is 357. The molecule has 6 heteroatoms. The van der Waals surface area contributed by atoms with Crippen molar-refractivity contribution in [2.75, 3.05) is 6.26 Å². The standard InChI is InChI=1S/C8H7F2NO2S/c1-14-7-3-2-5(8(9)10)4-6(7)11(12)13/h2-4,8H,1H3. The van der Waals surface area contributed by atoms with Crippen LogP contribution in [0.3, 0.4) is 0 Å². The molecule has 76 valence electrons. The van der Waals surface area contributed by atoms with Crippen LogP contribution in [0.25, 0.3) is 0 Å². The van der Waals surface area contributed by atoms with Gasteiger partial charge in [0.15, 0.2) is 0 Å². The number of rotatable bonds is 3. The first-order valence-corrected chi connectivity index (χ1v) is 4.89. The molecule has 1 aromatic carbocycles. The molecule has 0 fully saturated rings. The van der Waals surface area contributed by atoms with Gasteiger partial charge in [-0.3, -0.25) is 10.1 Å². The van der Waals surface area contributed by atoms with E-state index in [-0.39, 0.29) is 11.3 Å². The third-order valence-corrected chi connectivity index (χ3v) is 2.44. The molecule has 14 heavy (non-hydrogen) atoms. The van der Waals surface area contributed by atoms with Crippen molar-refractivity contribution in [3.05, 3.63) is 33.9 Å². The van der Waals surface area contributed by atoms with Gasteiger partial charge in [-0.15, -0.1) is 11.8 Å². The van der Waals surface area contributed by atoms with Crippen molar-refractivity contribution < 1.29 is 13.7 Å². The molecule has 0 heterocycles. The minimum atomic E-state index is -2.68. The Morgan fingerprint density at radius 3 is 2.57 bits per heavy atom. The molecule has 0 aromatic heterocycles. The molecular weight excluding hydrogens is 212 g/mol. The SMILES string of the molecule is CSc1ccc(C(F)F)cc1[N+](=O)[O-]. The normalized spacial score (nSPS) is 10.6. The van der Waals surface area contributed by atoms with Crippen molar-refractivity contribution in [1.29, 1.82) is 0 Å². The van der Waals surface area contributed by atoms with Gasteiger partial charge in [-0.2, -0.15) is 0 Å². The number of nitrogens with zero attached hydrogens (tertiary/aromatic N) is 1. The maximum Gasteiger partial charge on any atom is 0.283 e. The highest BCUT2D eigenvalue weighted by molar-refractivity contribution is 7.98. The summed E-state index contributed by atoms with van der Waals surface area (Å²) < 4.78 is 24.4. The monoisotopic (exact) mass is 219 g/mol. The fourth-order valence-electron chi connectivity index (χ4n) is 0.985. The highest BCUT2D eigenvalue weighted by Crippen LogP contribution is 2.31. The second-order valence-electron chi connectivity index (χ2n) is 2.49. The number of thioether (sulfide) groups is 1. The molecule has 0 bridgehead atoms. The molecule has 0 saturated heterocycles. The van der Waals surface area contributed by atoms with Gasteiger partial charge in [-0.05, 0) is 12.3 Å². The molecule has 0 spiro atoms. The van der Waals surface area contributed by atoms with Crippen LogP contribution in [-0.2, 0) is 0 Å². The maximum absolute atomic E-state index is 12.2. The second kappa shape index (κ2) is 4.36. The van der Waals surface area contributed by atoms with E-state index in [0.29, 0.717) is 4.90 Å². The van der Waals surface area contributed by atoms with Crippen LogP contribution >= 0.6 is 11.8 Å². The van der Waals surface area contributed by atoms with E-state index in [0.717, 1.165) is 17.8 Å². The van der Waals surface area contributed by atoms with E-state index in [4.69, 9.17) is 0 Å². The van der Waals surface area contributed by atoms with Crippen LogP contribution in [0.15, 0.2) is 23.1 Å². The van der Waals surface area contributed by atoms with Crippen molar-refractivity contribution in [2.45, 2.75) is 11.3 Å². The Kier molecular flexibility index (Phi) is 3.40. The minimum Gasteiger partial charge on any atom is -0.258 e. The lowest BCUT2D eigenvalue weighted by molar-refractivity contribution is -0.387. The number of hydrogen-bond donors (Lipinski definition) is 0. The maximum atomic E-state index is 12.2. The van der Waals surface area contributed by atoms with Crippen LogP contribution in [-0.4, -0.2) is 11.2 Å². The summed E-state index contributed by atoms with van der Waals surface area (Å²) in [5.41, 5.74) is -0.593. The Morgan fingerprint density at radius 1 is 1.50 bits per heavy atom. The van der Waals surface area contributed by atoms with Crippen molar-refractivity contribution in [1.82, 2.24) is 0 Å². The van der Waals surface area contributed by atoms with Gasteiger partial charge in [-0.1, -0.05) is 6.07 Å². The number of nitro benzene ring substituents is 1. The molecule has 3 nitrogen and oxygen atoms in total. The molecule has 0 unspecified atom stereocenters. The van der Waals surface area contributed by atoms with Gasteiger partial charge < -0.3 is 0 Å². The Balaban J connectivity index is 3.21. The summed E-state index contributed by atoms with van der Waals surface area (Å²) in [5.74, 6) is 0. The number of nitro groups is 1. The molecule has 0 amide bonds. The third-order valence-electron chi connectivity index (χ3n) is 1.65. The number of benzene rings is 1. The average Bonchev–Trinajstić information content (AvgIpc) is 2.16. The van der Waals surface area contributed by atoms with E-state index in [1.165, 1.54) is 12.1 Å². The predicted octanol–water partition coefficient (Wildman–Crippen LogP) is 3.25. The quantitative estimate of drug-likeness (QED) is 0.445. The minimum absolute atomic E-state index is 0.268. The Hall–Kier alpha value is -1.17. The lowest BCUT2D eigenvalue weighted by Crippen LogP contribution is -1.93. The summed E-state index contributed by atoms with van der Waals surface area (Å²) in [7, 11) is 0. The highest BCUT2D eigenvalue weighted by Gasteiger charge is 2.17. The van der Waals surface area contributed by atoms with Gasteiger partial charge in [0.05, 0.1) is 9.82 Å². The van der Waals surface area contributed by atoms with Crippen molar-refractivity contribution in [3.8, 4) is 0 Å². The molecule has 1 aromatic rings. The van der Waals surface area contributed by atoms with Crippen LogP contribution in [0.5, 0.6) is 0 Å². The first-order valence-electron chi connectivity index (χ1n) is 3.66. The summed E-state index contributed by atoms with van der Waals surface area (Å²) in [6.07, 6.45) is -1.02. The first kappa shape index (κ1) is 10.9. The third kappa shape index (κ3) is 2.20. The first-order chi connectivity index (χ1) is 6.56. The van der Waals surface area contributed by atoms with Gasteiger partial charge in [0.2, 0.25) is 0 Å². The zero-order chi connectivity index (χ0) is 10.7. The van der Waals surface area contributed by atoms with Gasteiger partial charge in [0.1, 0.15) is 0 Å². The zero-order valence-corrected chi connectivity index (χ0v) is 8.05. The van der Waals surface area contributed by atoms with E-state index >= 15 is 0 Å². The average molecular weight is 219 g/mol. The van der Waals surface area contributed by atoms with E-state index in [1.807, 2.05) is 0 Å². The van der Waals surface area contributed by atoms with Gasteiger partial charge in [-0.25, -0.2) is 8.78 Å². The van der Waals surface area contributed by atoms with Crippen LogP contribution in [0.1, 0.15) is 12.0 Å². The summed E-state index contributed by atoms with van der Waals surface area (Å²) in [6, 6.07) is 3.45. The lowest BCUT2D eigenvalue weighted by Gasteiger charge is -2.02. The summed E-state index contributed by atoms with van der Waals surface area (Å²) in [4.78, 5) is 10.2. The molecular formula is C8H7F2NO2S. The second-order valence-corrected chi connectivity index (χ2v) is 3.34. The Labute approximate surface area is 83.3 Å².